The molecule has 4 nitrogen and oxygen atoms in total. The topological polar surface area (TPSA) is 41.6 Å². The highest BCUT2D eigenvalue weighted by Crippen LogP contribution is 2.22. The van der Waals surface area contributed by atoms with Crippen molar-refractivity contribution >= 4 is 17.5 Å². The zero-order valence-electron chi connectivity index (χ0n) is 10.1. The van der Waals surface area contributed by atoms with Crippen LogP contribution in [-0.2, 0) is 4.79 Å². The summed E-state index contributed by atoms with van der Waals surface area (Å²) >= 11 is 5.89. The Morgan fingerprint density at radius 1 is 1.41 bits per heavy atom. The number of benzene rings is 1. The summed E-state index contributed by atoms with van der Waals surface area (Å²) in [6.07, 6.45) is 0. The molecule has 0 saturated heterocycles. The minimum Gasteiger partial charge on any atom is -0.482 e. The molecule has 0 spiro atoms. The Hall–Kier alpha value is -1.26. The van der Waals surface area contributed by atoms with Crippen LogP contribution in [0.25, 0.3) is 0 Å². The van der Waals surface area contributed by atoms with E-state index in [9.17, 15) is 4.79 Å². The summed E-state index contributed by atoms with van der Waals surface area (Å²) in [6.45, 7) is 1.40. The molecular weight excluding hydrogens is 240 g/mol. The quantitative estimate of drug-likeness (QED) is 0.837. The van der Waals surface area contributed by atoms with Crippen molar-refractivity contribution in [1.29, 1.82) is 0 Å². The second kappa shape index (κ2) is 7.14. The van der Waals surface area contributed by atoms with Crippen LogP contribution in [0.4, 0.5) is 0 Å². The number of carbonyl (C=O) groups excluding carboxylic acids is 1. The first kappa shape index (κ1) is 13.8. The van der Waals surface area contributed by atoms with Crippen LogP contribution in [0, 0.1) is 0 Å². The van der Waals surface area contributed by atoms with Crippen LogP contribution >= 0.6 is 11.6 Å². The molecule has 0 saturated carbocycles. The number of halogens is 1. The Balaban J connectivity index is 2.26. The molecule has 17 heavy (non-hydrogen) atoms. The van der Waals surface area contributed by atoms with E-state index in [1.165, 1.54) is 0 Å². The predicted octanol–water partition coefficient (Wildman–Crippen LogP) is 1.40. The second-order valence-corrected chi connectivity index (χ2v) is 4.28. The van der Waals surface area contributed by atoms with Crippen LogP contribution in [0.2, 0.25) is 5.02 Å². The lowest BCUT2D eigenvalue weighted by atomic mass is 10.3. The number of carbonyl (C=O) groups is 1. The molecule has 1 rings (SSSR count). The Morgan fingerprint density at radius 3 is 2.76 bits per heavy atom. The monoisotopic (exact) mass is 256 g/mol. The van der Waals surface area contributed by atoms with Crippen molar-refractivity contribution in [3.63, 3.8) is 0 Å². The Morgan fingerprint density at radius 2 is 2.12 bits per heavy atom. The summed E-state index contributed by atoms with van der Waals surface area (Å²) in [5.41, 5.74) is 0. The lowest BCUT2D eigenvalue weighted by Gasteiger charge is -2.11. The molecule has 1 aromatic carbocycles. The van der Waals surface area contributed by atoms with Crippen molar-refractivity contribution in [1.82, 2.24) is 10.2 Å². The highest BCUT2D eigenvalue weighted by molar-refractivity contribution is 6.32. The summed E-state index contributed by atoms with van der Waals surface area (Å²) in [5, 5.41) is 3.26. The van der Waals surface area contributed by atoms with E-state index < -0.39 is 0 Å². The normalized spacial score (nSPS) is 10.4. The number of hydrogen-bond donors (Lipinski definition) is 1. The largest absolute Gasteiger partial charge is 0.482 e. The van der Waals surface area contributed by atoms with Crippen molar-refractivity contribution in [2.45, 2.75) is 0 Å². The van der Waals surface area contributed by atoms with Gasteiger partial charge in [-0.2, -0.15) is 0 Å². The fraction of sp³-hybridized carbons (Fsp3) is 0.417. The number of para-hydroxylation sites is 1. The fourth-order valence-corrected chi connectivity index (χ4v) is 1.37. The molecule has 0 fully saturated rings. The number of hydrogen-bond acceptors (Lipinski definition) is 3. The predicted molar refractivity (Wildman–Crippen MR) is 68.5 cm³/mol. The van der Waals surface area contributed by atoms with E-state index in [4.69, 9.17) is 16.3 Å². The SMILES string of the molecule is CN(C)CCNC(=O)COc1ccccc1Cl. The van der Waals surface area contributed by atoms with Gasteiger partial charge < -0.3 is 15.0 Å². The van der Waals surface area contributed by atoms with Gasteiger partial charge in [-0.3, -0.25) is 4.79 Å². The maximum Gasteiger partial charge on any atom is 0.257 e. The highest BCUT2D eigenvalue weighted by Gasteiger charge is 2.04. The molecule has 0 atom stereocenters. The summed E-state index contributed by atoms with van der Waals surface area (Å²) in [5.74, 6) is 0.378. The van der Waals surface area contributed by atoms with Gasteiger partial charge in [0.25, 0.3) is 5.91 Å². The average molecular weight is 257 g/mol. The summed E-state index contributed by atoms with van der Waals surface area (Å²) in [6, 6.07) is 7.08. The van der Waals surface area contributed by atoms with Gasteiger partial charge in [0.1, 0.15) is 5.75 Å². The third kappa shape index (κ3) is 5.56. The van der Waals surface area contributed by atoms with Gasteiger partial charge in [-0.15, -0.1) is 0 Å². The van der Waals surface area contributed by atoms with Crippen molar-refractivity contribution < 1.29 is 9.53 Å². The first-order valence-electron chi connectivity index (χ1n) is 5.38. The number of nitrogens with zero attached hydrogens (tertiary/aromatic N) is 1. The highest BCUT2D eigenvalue weighted by atomic mass is 35.5. The summed E-state index contributed by atoms with van der Waals surface area (Å²) in [7, 11) is 3.90. The van der Waals surface area contributed by atoms with E-state index in [2.05, 4.69) is 5.32 Å². The van der Waals surface area contributed by atoms with E-state index >= 15 is 0 Å². The molecule has 0 heterocycles. The van der Waals surface area contributed by atoms with Crippen molar-refractivity contribution in [2.75, 3.05) is 33.8 Å². The maximum atomic E-state index is 11.4. The van der Waals surface area contributed by atoms with E-state index in [0.29, 0.717) is 17.3 Å². The molecule has 0 aliphatic rings. The second-order valence-electron chi connectivity index (χ2n) is 3.87. The number of ether oxygens (including phenoxy) is 1. The first-order chi connectivity index (χ1) is 8.09. The van der Waals surface area contributed by atoms with Crippen molar-refractivity contribution in [2.24, 2.45) is 0 Å². The minimum absolute atomic E-state index is 0.0167. The summed E-state index contributed by atoms with van der Waals surface area (Å²) in [4.78, 5) is 13.4. The van der Waals surface area contributed by atoms with Gasteiger partial charge >= 0.3 is 0 Å². The Kier molecular flexibility index (Phi) is 5.80. The average Bonchev–Trinajstić information content (AvgIpc) is 2.27. The third-order valence-electron chi connectivity index (χ3n) is 2.08. The van der Waals surface area contributed by atoms with E-state index in [1.807, 2.05) is 31.1 Å². The molecule has 1 aromatic rings. The van der Waals surface area contributed by atoms with Crippen molar-refractivity contribution in [3.05, 3.63) is 29.3 Å². The van der Waals surface area contributed by atoms with E-state index in [1.54, 1.807) is 12.1 Å². The van der Waals surface area contributed by atoms with Crippen LogP contribution in [0.1, 0.15) is 0 Å². The minimum atomic E-state index is -0.147. The van der Waals surface area contributed by atoms with Crippen LogP contribution in [-0.4, -0.2) is 44.6 Å². The molecule has 94 valence electrons. The van der Waals surface area contributed by atoms with Gasteiger partial charge in [0.2, 0.25) is 0 Å². The molecule has 0 aliphatic carbocycles. The number of rotatable bonds is 6. The standard InChI is InChI=1S/C12H17ClN2O2/c1-15(2)8-7-14-12(16)9-17-11-6-4-3-5-10(11)13/h3-6H,7-9H2,1-2H3,(H,14,16). The third-order valence-corrected chi connectivity index (χ3v) is 2.39. The fourth-order valence-electron chi connectivity index (χ4n) is 1.18. The van der Waals surface area contributed by atoms with E-state index in [-0.39, 0.29) is 12.5 Å². The Bertz CT molecular complexity index is 369. The molecule has 1 amide bonds. The van der Waals surface area contributed by atoms with Crippen LogP contribution in [0.3, 0.4) is 0 Å². The molecule has 0 aromatic heterocycles. The van der Waals surface area contributed by atoms with E-state index in [0.717, 1.165) is 6.54 Å². The zero-order chi connectivity index (χ0) is 12.7. The van der Waals surface area contributed by atoms with Gasteiger partial charge in [0, 0.05) is 13.1 Å². The summed E-state index contributed by atoms with van der Waals surface area (Å²) < 4.78 is 5.30. The van der Waals surface area contributed by atoms with Gasteiger partial charge in [-0.1, -0.05) is 23.7 Å². The van der Waals surface area contributed by atoms with Crippen molar-refractivity contribution in [3.8, 4) is 5.75 Å². The van der Waals surface area contributed by atoms with Gasteiger partial charge in [0.15, 0.2) is 6.61 Å². The molecular formula is C12H17ClN2O2. The van der Waals surface area contributed by atoms with Gasteiger partial charge in [0.05, 0.1) is 5.02 Å². The number of likely N-dealkylation sites (N-methyl/N-ethyl adjacent to an activating group) is 1. The molecule has 5 heteroatoms. The van der Waals surface area contributed by atoms with Gasteiger partial charge in [-0.05, 0) is 26.2 Å². The van der Waals surface area contributed by atoms with Gasteiger partial charge in [-0.25, -0.2) is 0 Å². The molecule has 0 aliphatic heterocycles. The first-order valence-corrected chi connectivity index (χ1v) is 5.76. The molecule has 0 unspecified atom stereocenters. The van der Waals surface area contributed by atoms with Crippen LogP contribution in [0.5, 0.6) is 5.75 Å². The molecule has 0 radical (unpaired) electrons. The molecule has 1 N–H and O–H groups in total. The molecule has 0 bridgehead atoms. The number of nitrogens with one attached hydrogen (secondary N) is 1. The smallest absolute Gasteiger partial charge is 0.257 e. The van der Waals surface area contributed by atoms with Crippen LogP contribution < -0.4 is 10.1 Å². The lowest BCUT2D eigenvalue weighted by molar-refractivity contribution is -0.123. The zero-order valence-corrected chi connectivity index (χ0v) is 10.8. The Labute approximate surface area is 107 Å². The lowest BCUT2D eigenvalue weighted by Crippen LogP contribution is -2.34. The number of amides is 1. The van der Waals surface area contributed by atoms with Crippen LogP contribution in [0.15, 0.2) is 24.3 Å². The maximum absolute atomic E-state index is 11.4.